The Kier molecular flexibility index (Phi) is 7.57. The largest absolute Gasteiger partial charge is 0.493 e. The first-order valence-corrected chi connectivity index (χ1v) is 11.9. The molecule has 0 unspecified atom stereocenters. The molecule has 2 aromatic carbocycles. The molecule has 0 bridgehead atoms. The van der Waals surface area contributed by atoms with E-state index in [2.05, 4.69) is 0 Å². The Morgan fingerprint density at radius 1 is 1.03 bits per heavy atom. The van der Waals surface area contributed by atoms with E-state index in [-0.39, 0.29) is 5.91 Å². The molecule has 1 aliphatic heterocycles. The van der Waals surface area contributed by atoms with Crippen molar-refractivity contribution in [3.05, 3.63) is 76.4 Å². The third-order valence-corrected chi connectivity index (χ3v) is 6.81. The molecule has 1 amide bonds. The van der Waals surface area contributed by atoms with E-state index < -0.39 is 5.97 Å². The van der Waals surface area contributed by atoms with Crippen molar-refractivity contribution in [3.8, 4) is 22.8 Å². The number of furan rings is 1. The fraction of sp³-hybridized carbons (Fsp3) is 0.192. The summed E-state index contributed by atoms with van der Waals surface area (Å²) in [5, 5.41) is 0. The minimum Gasteiger partial charge on any atom is -0.493 e. The molecular formula is C26H23NO6S2. The number of ether oxygens (including phenoxy) is 3. The second-order valence-corrected chi connectivity index (χ2v) is 9.22. The minimum absolute atomic E-state index is 0.152. The second-order valence-electron chi connectivity index (χ2n) is 7.54. The van der Waals surface area contributed by atoms with Gasteiger partial charge in [-0.1, -0.05) is 42.2 Å². The van der Waals surface area contributed by atoms with Crippen LogP contribution in [0.15, 0.2) is 63.9 Å². The number of thiocarbonyl (C=S) groups is 1. The summed E-state index contributed by atoms with van der Waals surface area (Å²) < 4.78 is 21.8. The number of carbonyl (C=O) groups excluding carboxylic acids is 2. The first-order chi connectivity index (χ1) is 16.9. The Morgan fingerprint density at radius 3 is 2.46 bits per heavy atom. The van der Waals surface area contributed by atoms with E-state index in [4.69, 9.17) is 30.8 Å². The first kappa shape index (κ1) is 24.6. The number of methoxy groups -OCH3 is 3. The number of amides is 1. The van der Waals surface area contributed by atoms with E-state index in [0.717, 1.165) is 11.1 Å². The van der Waals surface area contributed by atoms with Gasteiger partial charge in [0.2, 0.25) is 0 Å². The maximum Gasteiger partial charge on any atom is 0.337 e. The molecule has 35 heavy (non-hydrogen) atoms. The zero-order valence-corrected chi connectivity index (χ0v) is 21.0. The highest BCUT2D eigenvalue weighted by Crippen LogP contribution is 2.34. The average molecular weight is 510 g/mol. The molecule has 2 heterocycles. The molecule has 0 atom stereocenters. The average Bonchev–Trinajstić information content (AvgIpc) is 3.46. The van der Waals surface area contributed by atoms with Gasteiger partial charge in [0, 0.05) is 18.2 Å². The smallest absolute Gasteiger partial charge is 0.337 e. The van der Waals surface area contributed by atoms with E-state index in [9.17, 15) is 9.59 Å². The van der Waals surface area contributed by atoms with Gasteiger partial charge in [0.05, 0.1) is 31.8 Å². The topological polar surface area (TPSA) is 78.2 Å². The van der Waals surface area contributed by atoms with Gasteiger partial charge < -0.3 is 18.6 Å². The number of nitrogens with zero attached hydrogens (tertiary/aromatic N) is 1. The lowest BCUT2D eigenvalue weighted by Gasteiger charge is -2.15. The minimum atomic E-state index is -0.398. The van der Waals surface area contributed by atoms with Gasteiger partial charge >= 0.3 is 5.97 Å². The number of rotatable bonds is 8. The fourth-order valence-corrected chi connectivity index (χ4v) is 4.86. The lowest BCUT2D eigenvalue weighted by molar-refractivity contribution is -0.122. The van der Waals surface area contributed by atoms with Crippen LogP contribution in [0.5, 0.6) is 11.5 Å². The third-order valence-electron chi connectivity index (χ3n) is 5.44. The molecule has 3 aromatic rings. The summed E-state index contributed by atoms with van der Waals surface area (Å²) in [6.45, 7) is 0.452. The van der Waals surface area contributed by atoms with Crippen molar-refractivity contribution in [2.45, 2.75) is 6.42 Å². The van der Waals surface area contributed by atoms with Crippen molar-refractivity contribution in [1.82, 2.24) is 4.90 Å². The van der Waals surface area contributed by atoms with Crippen LogP contribution in [0.2, 0.25) is 0 Å². The summed E-state index contributed by atoms with van der Waals surface area (Å²) in [5.74, 6) is 1.91. The Morgan fingerprint density at radius 2 is 1.77 bits per heavy atom. The molecular weight excluding hydrogens is 486 g/mol. The lowest BCUT2D eigenvalue weighted by Crippen LogP contribution is -2.30. The van der Waals surface area contributed by atoms with Crippen molar-refractivity contribution >= 4 is 46.3 Å². The fourth-order valence-electron chi connectivity index (χ4n) is 3.57. The summed E-state index contributed by atoms with van der Waals surface area (Å²) in [4.78, 5) is 26.7. The Bertz CT molecular complexity index is 1300. The van der Waals surface area contributed by atoms with Gasteiger partial charge in [-0.05, 0) is 48.4 Å². The highest BCUT2D eigenvalue weighted by Gasteiger charge is 2.32. The highest BCUT2D eigenvalue weighted by atomic mass is 32.2. The molecule has 4 rings (SSSR count). The Balaban J connectivity index is 1.44. The predicted octanol–water partition coefficient (Wildman–Crippen LogP) is 5.19. The first-order valence-electron chi connectivity index (χ1n) is 10.7. The van der Waals surface area contributed by atoms with Crippen LogP contribution in [0.4, 0.5) is 0 Å². The van der Waals surface area contributed by atoms with E-state index in [1.165, 1.54) is 18.9 Å². The normalized spacial score (nSPS) is 14.5. The van der Waals surface area contributed by atoms with Crippen LogP contribution in [0.25, 0.3) is 17.4 Å². The molecule has 1 fully saturated rings. The van der Waals surface area contributed by atoms with Crippen LogP contribution >= 0.6 is 24.0 Å². The molecule has 0 saturated carbocycles. The molecule has 0 radical (unpaired) electrons. The molecule has 0 aliphatic carbocycles. The number of carbonyl (C=O) groups is 2. The summed E-state index contributed by atoms with van der Waals surface area (Å²) >= 11 is 6.70. The van der Waals surface area contributed by atoms with Gasteiger partial charge in [-0.3, -0.25) is 9.69 Å². The van der Waals surface area contributed by atoms with Crippen LogP contribution in [0.1, 0.15) is 21.7 Å². The van der Waals surface area contributed by atoms with Crippen LogP contribution in [-0.4, -0.2) is 49.0 Å². The molecule has 7 nitrogen and oxygen atoms in total. The third kappa shape index (κ3) is 5.41. The summed E-state index contributed by atoms with van der Waals surface area (Å²) in [7, 11) is 4.52. The maximum atomic E-state index is 13.0. The van der Waals surface area contributed by atoms with Gasteiger partial charge in [0.25, 0.3) is 5.91 Å². The molecule has 1 aliphatic rings. The number of hydrogen-bond donors (Lipinski definition) is 0. The standard InChI is InChI=1S/C26H23NO6S2/c1-30-21-10-4-16(14-22(21)31-2)12-13-27-24(28)23(35-26(27)34)15-19-9-11-20(33-19)17-5-7-18(8-6-17)25(29)32-3/h4-11,14-15H,12-13H2,1-3H3. The number of benzene rings is 2. The highest BCUT2D eigenvalue weighted by molar-refractivity contribution is 8.26. The summed E-state index contributed by atoms with van der Waals surface area (Å²) in [6.07, 6.45) is 2.31. The molecule has 0 spiro atoms. The lowest BCUT2D eigenvalue weighted by atomic mass is 10.1. The predicted molar refractivity (Wildman–Crippen MR) is 139 cm³/mol. The molecule has 0 N–H and O–H groups in total. The second kappa shape index (κ2) is 10.8. The number of esters is 1. The van der Waals surface area contributed by atoms with Gasteiger partial charge in [-0.15, -0.1) is 0 Å². The molecule has 180 valence electrons. The zero-order chi connectivity index (χ0) is 24.9. The molecule has 1 saturated heterocycles. The van der Waals surface area contributed by atoms with Crippen LogP contribution in [0, 0.1) is 0 Å². The summed E-state index contributed by atoms with van der Waals surface area (Å²) in [6, 6.07) is 16.2. The van der Waals surface area contributed by atoms with Gasteiger partial charge in [-0.2, -0.15) is 0 Å². The quantitative estimate of drug-likeness (QED) is 0.233. The van der Waals surface area contributed by atoms with Crippen molar-refractivity contribution in [3.63, 3.8) is 0 Å². The van der Waals surface area contributed by atoms with Crippen molar-refractivity contribution in [2.24, 2.45) is 0 Å². The molecule has 9 heteroatoms. The van der Waals surface area contributed by atoms with E-state index in [1.807, 2.05) is 24.3 Å². The van der Waals surface area contributed by atoms with E-state index >= 15 is 0 Å². The van der Waals surface area contributed by atoms with Crippen molar-refractivity contribution in [1.29, 1.82) is 0 Å². The monoisotopic (exact) mass is 509 g/mol. The van der Waals surface area contributed by atoms with Gasteiger partial charge in [0.1, 0.15) is 15.8 Å². The van der Waals surface area contributed by atoms with E-state index in [1.54, 1.807) is 55.5 Å². The van der Waals surface area contributed by atoms with Crippen molar-refractivity contribution in [2.75, 3.05) is 27.9 Å². The Hall–Kier alpha value is -3.56. The van der Waals surface area contributed by atoms with Gasteiger partial charge in [-0.25, -0.2) is 4.79 Å². The Labute approximate surface area is 212 Å². The number of thioether (sulfide) groups is 1. The van der Waals surface area contributed by atoms with E-state index in [0.29, 0.717) is 50.8 Å². The van der Waals surface area contributed by atoms with Crippen LogP contribution in [-0.2, 0) is 16.0 Å². The summed E-state index contributed by atoms with van der Waals surface area (Å²) in [5.41, 5.74) is 2.27. The zero-order valence-electron chi connectivity index (χ0n) is 19.4. The maximum absolute atomic E-state index is 13.0. The van der Waals surface area contributed by atoms with Crippen molar-refractivity contribution < 1.29 is 28.2 Å². The van der Waals surface area contributed by atoms with Crippen LogP contribution < -0.4 is 9.47 Å². The van der Waals surface area contributed by atoms with Gasteiger partial charge in [0.15, 0.2) is 11.5 Å². The molecule has 1 aromatic heterocycles. The van der Waals surface area contributed by atoms with Crippen LogP contribution in [0.3, 0.4) is 0 Å². The number of hydrogen-bond acceptors (Lipinski definition) is 8. The SMILES string of the molecule is COC(=O)c1ccc(-c2ccc(C=C3SC(=S)N(CCc4ccc(OC)c(OC)c4)C3=O)o2)cc1.